The zero-order valence-corrected chi connectivity index (χ0v) is 28.5. The Morgan fingerprint density at radius 1 is 0.886 bits per heavy atom. The van der Waals surface area contributed by atoms with Gasteiger partial charge in [-0.25, -0.2) is 0 Å². The molecule has 44 heavy (non-hydrogen) atoms. The fourth-order valence-corrected chi connectivity index (χ4v) is 11.9. The number of allylic oxidation sites excluding steroid dienone is 2. The van der Waals surface area contributed by atoms with Crippen molar-refractivity contribution in [2.24, 2.45) is 45.3 Å². The molecule has 0 aromatic rings. The SMILES string of the molecule is CC(C)=CCC[C@](C)(O)[C@H]1CC[C@]2(C)[C@@H]1[C@H](O)C[C@@H]1[C@@]3(C)CC[C@H](O[C@H]4O[C@H](CO)[C@@H](O)[C@H](O)[C@H]4O)C(C)(C)[C@H]3CC[C@]12C. The van der Waals surface area contributed by atoms with E-state index >= 15 is 0 Å². The third-order valence-electron chi connectivity index (χ3n) is 14.5. The number of rotatable bonds is 7. The van der Waals surface area contributed by atoms with Crippen LogP contribution in [0.15, 0.2) is 11.6 Å². The molecule has 4 aliphatic carbocycles. The molecule has 0 spiro atoms. The molecule has 0 radical (unpaired) electrons. The van der Waals surface area contributed by atoms with Gasteiger partial charge >= 0.3 is 0 Å². The first-order chi connectivity index (χ1) is 20.3. The van der Waals surface area contributed by atoms with Gasteiger partial charge in [0, 0.05) is 0 Å². The maximum absolute atomic E-state index is 12.0. The third-order valence-corrected chi connectivity index (χ3v) is 14.5. The Labute approximate surface area is 265 Å². The molecule has 5 rings (SSSR count). The van der Waals surface area contributed by atoms with Gasteiger partial charge in [0.2, 0.25) is 0 Å². The van der Waals surface area contributed by atoms with Gasteiger partial charge < -0.3 is 40.1 Å². The molecule has 254 valence electrons. The molecule has 1 aliphatic heterocycles. The molecule has 5 aliphatic rings. The average molecular weight is 623 g/mol. The molecule has 6 N–H and O–H groups in total. The standard InChI is InChI=1S/C36H62O8/c1-20(2)10-9-14-36(8,42)21-11-16-35(7)27(21)22(38)18-25-33(5)15-13-26(32(3,4)24(33)12-17-34(25,35)6)44-31-30(41)29(40)28(39)23(19-37)43-31/h10,21-31,37-42H,9,11-19H2,1-8H3/t21-,22+,23+,24+,25+,26-,27-,28+,29-,30+,31+,33-,34+,35+,36-/m0/s1. The summed E-state index contributed by atoms with van der Waals surface area (Å²) in [5.41, 5.74) is 0.122. The Morgan fingerprint density at radius 3 is 2.18 bits per heavy atom. The van der Waals surface area contributed by atoms with Gasteiger partial charge in [-0.2, -0.15) is 0 Å². The molecule has 0 aromatic heterocycles. The largest absolute Gasteiger partial charge is 0.394 e. The minimum Gasteiger partial charge on any atom is -0.394 e. The van der Waals surface area contributed by atoms with E-state index in [0.717, 1.165) is 51.4 Å². The zero-order chi connectivity index (χ0) is 32.6. The summed E-state index contributed by atoms with van der Waals surface area (Å²) in [6.45, 7) is 17.5. The number of hydrogen-bond acceptors (Lipinski definition) is 8. The summed E-state index contributed by atoms with van der Waals surface area (Å²) in [4.78, 5) is 0. The van der Waals surface area contributed by atoms with Crippen LogP contribution in [0.25, 0.3) is 0 Å². The van der Waals surface area contributed by atoms with Crippen molar-refractivity contribution in [3.05, 3.63) is 11.6 Å². The van der Waals surface area contributed by atoms with Crippen molar-refractivity contribution in [1.29, 1.82) is 0 Å². The van der Waals surface area contributed by atoms with Crippen LogP contribution < -0.4 is 0 Å². The Bertz CT molecular complexity index is 1070. The Kier molecular flexibility index (Phi) is 9.35. The Morgan fingerprint density at radius 2 is 1.55 bits per heavy atom. The third kappa shape index (κ3) is 5.26. The van der Waals surface area contributed by atoms with Crippen LogP contribution in [0, 0.1) is 45.3 Å². The molecule has 8 heteroatoms. The number of hydrogen-bond donors (Lipinski definition) is 6. The lowest BCUT2D eigenvalue weighted by Gasteiger charge is -2.70. The van der Waals surface area contributed by atoms with Gasteiger partial charge in [-0.1, -0.05) is 46.3 Å². The first-order valence-electron chi connectivity index (χ1n) is 17.3. The lowest BCUT2D eigenvalue weighted by atomic mass is 9.35. The van der Waals surface area contributed by atoms with Crippen molar-refractivity contribution in [1.82, 2.24) is 0 Å². The summed E-state index contributed by atoms with van der Waals surface area (Å²) in [5, 5.41) is 64.8. The van der Waals surface area contributed by atoms with Crippen molar-refractivity contribution in [3.63, 3.8) is 0 Å². The van der Waals surface area contributed by atoms with Gasteiger partial charge in [0.15, 0.2) is 6.29 Å². The second kappa shape index (κ2) is 11.8. The molecule has 15 atom stereocenters. The Hall–Kier alpha value is -0.580. The highest BCUT2D eigenvalue weighted by Crippen LogP contribution is 2.76. The number of fused-ring (bicyclic) bond motifs is 5. The second-order valence-electron chi connectivity index (χ2n) is 17.3. The van der Waals surface area contributed by atoms with Crippen LogP contribution >= 0.6 is 0 Å². The minimum absolute atomic E-state index is 0.0231. The molecule has 8 nitrogen and oxygen atoms in total. The molecular formula is C36H62O8. The van der Waals surface area contributed by atoms with E-state index in [4.69, 9.17) is 9.47 Å². The van der Waals surface area contributed by atoms with Gasteiger partial charge in [0.05, 0.1) is 24.4 Å². The molecule has 0 amide bonds. The van der Waals surface area contributed by atoms with Gasteiger partial charge in [-0.15, -0.1) is 0 Å². The van der Waals surface area contributed by atoms with Crippen molar-refractivity contribution in [2.75, 3.05) is 6.61 Å². The highest BCUT2D eigenvalue weighted by atomic mass is 16.7. The molecule has 1 saturated heterocycles. The average Bonchev–Trinajstić information content (AvgIpc) is 3.32. The number of ether oxygens (including phenoxy) is 2. The predicted octanol–water partition coefficient (Wildman–Crippen LogP) is 4.32. The van der Waals surface area contributed by atoms with Crippen LogP contribution in [0.4, 0.5) is 0 Å². The first kappa shape index (κ1) is 34.7. The highest BCUT2D eigenvalue weighted by molar-refractivity contribution is 5.20. The van der Waals surface area contributed by atoms with Gasteiger partial charge in [0.25, 0.3) is 0 Å². The lowest BCUT2D eigenvalue weighted by Crippen LogP contribution is -2.67. The molecule has 0 bridgehead atoms. The minimum atomic E-state index is -1.46. The monoisotopic (exact) mass is 622 g/mol. The van der Waals surface area contributed by atoms with Crippen LogP contribution in [0.5, 0.6) is 0 Å². The molecule has 4 saturated carbocycles. The fraction of sp³-hybridized carbons (Fsp3) is 0.944. The van der Waals surface area contributed by atoms with E-state index in [1.165, 1.54) is 5.57 Å². The zero-order valence-electron chi connectivity index (χ0n) is 28.5. The van der Waals surface area contributed by atoms with Crippen molar-refractivity contribution in [2.45, 2.75) is 162 Å². The van der Waals surface area contributed by atoms with Gasteiger partial charge in [-0.05, 0) is 124 Å². The van der Waals surface area contributed by atoms with E-state index < -0.39 is 49.0 Å². The molecule has 0 aromatic carbocycles. The van der Waals surface area contributed by atoms with Crippen LogP contribution in [-0.4, -0.2) is 85.8 Å². The van der Waals surface area contributed by atoms with Crippen LogP contribution in [0.1, 0.15) is 113 Å². The summed E-state index contributed by atoms with van der Waals surface area (Å²) in [5.74, 6) is 0.792. The quantitative estimate of drug-likeness (QED) is 0.182. The summed E-state index contributed by atoms with van der Waals surface area (Å²) >= 11 is 0. The highest BCUT2D eigenvalue weighted by Gasteiger charge is 2.71. The van der Waals surface area contributed by atoms with E-state index in [9.17, 15) is 30.6 Å². The lowest BCUT2D eigenvalue weighted by molar-refractivity contribution is -0.332. The second-order valence-corrected chi connectivity index (χ2v) is 17.3. The normalized spacial score (nSPS) is 51.5. The molecule has 0 unspecified atom stereocenters. The van der Waals surface area contributed by atoms with Crippen LogP contribution in [0.3, 0.4) is 0 Å². The van der Waals surface area contributed by atoms with E-state index in [0.29, 0.717) is 18.3 Å². The molecule has 5 fully saturated rings. The van der Waals surface area contributed by atoms with Crippen LogP contribution in [-0.2, 0) is 9.47 Å². The van der Waals surface area contributed by atoms with E-state index in [2.05, 4.69) is 54.5 Å². The predicted molar refractivity (Wildman–Crippen MR) is 168 cm³/mol. The smallest absolute Gasteiger partial charge is 0.186 e. The van der Waals surface area contributed by atoms with Gasteiger partial charge in [0.1, 0.15) is 24.4 Å². The van der Waals surface area contributed by atoms with Crippen LogP contribution in [0.2, 0.25) is 0 Å². The van der Waals surface area contributed by atoms with Crippen molar-refractivity contribution in [3.8, 4) is 0 Å². The number of aliphatic hydroxyl groups excluding tert-OH is 5. The molecular weight excluding hydrogens is 560 g/mol. The topological polar surface area (TPSA) is 140 Å². The van der Waals surface area contributed by atoms with Crippen molar-refractivity contribution < 1.29 is 40.1 Å². The summed E-state index contributed by atoms with van der Waals surface area (Å²) in [6, 6.07) is 0. The first-order valence-corrected chi connectivity index (χ1v) is 17.3. The maximum Gasteiger partial charge on any atom is 0.186 e. The summed E-state index contributed by atoms with van der Waals surface area (Å²) in [7, 11) is 0. The van der Waals surface area contributed by atoms with E-state index in [1.807, 2.05) is 6.92 Å². The van der Waals surface area contributed by atoms with Gasteiger partial charge in [-0.3, -0.25) is 0 Å². The van der Waals surface area contributed by atoms with E-state index in [1.54, 1.807) is 0 Å². The Balaban J connectivity index is 1.37. The fourth-order valence-electron chi connectivity index (χ4n) is 11.9. The summed E-state index contributed by atoms with van der Waals surface area (Å²) in [6.07, 6.45) is 3.15. The summed E-state index contributed by atoms with van der Waals surface area (Å²) < 4.78 is 12.2. The van der Waals surface area contributed by atoms with Crippen molar-refractivity contribution >= 4 is 0 Å². The maximum atomic E-state index is 12.0. The number of aliphatic hydroxyl groups is 6. The van der Waals surface area contributed by atoms with E-state index in [-0.39, 0.29) is 39.6 Å². The molecule has 1 heterocycles.